The summed E-state index contributed by atoms with van der Waals surface area (Å²) in [7, 11) is 4.18. The molecule has 4 nitrogen and oxygen atoms in total. The number of nitrogens with zero attached hydrogens (tertiary/aromatic N) is 4. The molecule has 0 fully saturated rings. The first-order valence-corrected chi connectivity index (χ1v) is 7.80. The Morgan fingerprint density at radius 1 is 1.00 bits per heavy atom. The molecular formula is C15H27ClN4. The van der Waals surface area contributed by atoms with Crippen LogP contribution in [0.2, 0.25) is 5.15 Å². The van der Waals surface area contributed by atoms with Crippen molar-refractivity contribution < 1.29 is 0 Å². The van der Waals surface area contributed by atoms with E-state index in [1.807, 2.05) is 6.92 Å². The van der Waals surface area contributed by atoms with Gasteiger partial charge in [-0.1, -0.05) is 25.4 Å². The van der Waals surface area contributed by atoms with Gasteiger partial charge in [-0.3, -0.25) is 0 Å². The predicted octanol–water partition coefficient (Wildman–Crippen LogP) is 3.17. The van der Waals surface area contributed by atoms with Crippen molar-refractivity contribution >= 4 is 17.4 Å². The molecule has 0 N–H and O–H groups in total. The van der Waals surface area contributed by atoms with Gasteiger partial charge in [0, 0.05) is 31.6 Å². The number of anilines is 1. The Bertz CT molecular complexity index is 421. The highest BCUT2D eigenvalue weighted by atomic mass is 35.5. The minimum Gasteiger partial charge on any atom is -0.355 e. The Morgan fingerprint density at radius 2 is 1.70 bits per heavy atom. The van der Waals surface area contributed by atoms with Gasteiger partial charge in [-0.2, -0.15) is 0 Å². The van der Waals surface area contributed by atoms with E-state index in [1.165, 1.54) is 0 Å². The molecule has 5 heteroatoms. The molecule has 1 aromatic rings. The van der Waals surface area contributed by atoms with Crippen molar-refractivity contribution in [3.05, 3.63) is 16.5 Å². The van der Waals surface area contributed by atoms with E-state index in [0.717, 1.165) is 56.1 Å². The topological polar surface area (TPSA) is 32.3 Å². The van der Waals surface area contributed by atoms with Crippen molar-refractivity contribution in [1.82, 2.24) is 14.9 Å². The van der Waals surface area contributed by atoms with Crippen molar-refractivity contribution in [3.63, 3.8) is 0 Å². The Labute approximate surface area is 128 Å². The second kappa shape index (κ2) is 8.42. The van der Waals surface area contributed by atoms with Gasteiger partial charge < -0.3 is 9.80 Å². The number of hydrogen-bond acceptors (Lipinski definition) is 4. The molecule has 0 aliphatic heterocycles. The van der Waals surface area contributed by atoms with Gasteiger partial charge in [0.05, 0.1) is 0 Å². The fourth-order valence-electron chi connectivity index (χ4n) is 2.08. The normalized spacial score (nSPS) is 11.2. The Balaban J connectivity index is 3.03. The molecule has 0 saturated heterocycles. The third kappa shape index (κ3) is 4.91. The van der Waals surface area contributed by atoms with Crippen LogP contribution in [-0.4, -0.2) is 48.6 Å². The van der Waals surface area contributed by atoms with Gasteiger partial charge >= 0.3 is 0 Å². The summed E-state index contributed by atoms with van der Waals surface area (Å²) in [5, 5.41) is 0.587. The summed E-state index contributed by atoms with van der Waals surface area (Å²) in [6, 6.07) is 0. The van der Waals surface area contributed by atoms with Crippen molar-refractivity contribution in [1.29, 1.82) is 0 Å². The number of likely N-dealkylation sites (N-methyl/N-ethyl adjacent to an activating group) is 1. The molecule has 114 valence electrons. The zero-order chi connectivity index (χ0) is 15.1. The second-order valence-corrected chi connectivity index (χ2v) is 5.78. The summed E-state index contributed by atoms with van der Waals surface area (Å²) in [5.41, 5.74) is 0.985. The van der Waals surface area contributed by atoms with Crippen LogP contribution in [0.4, 0.5) is 5.82 Å². The molecule has 0 bridgehead atoms. The minimum absolute atomic E-state index is 0.587. The summed E-state index contributed by atoms with van der Waals surface area (Å²) in [6.45, 7) is 9.28. The number of aromatic nitrogens is 2. The monoisotopic (exact) mass is 298 g/mol. The molecule has 0 aromatic carbocycles. The molecule has 0 saturated carbocycles. The summed E-state index contributed by atoms with van der Waals surface area (Å²) in [6.07, 6.45) is 3.00. The van der Waals surface area contributed by atoms with Crippen LogP contribution in [0, 0.1) is 6.92 Å². The van der Waals surface area contributed by atoms with Crippen LogP contribution in [0.25, 0.3) is 0 Å². The standard InChI is InChI=1S/C15H27ClN4/c1-6-8-13-17-14(16)12(3)15(18-13)20(9-7-2)11-10-19(4)5/h6-11H2,1-5H3. The maximum atomic E-state index is 6.27. The van der Waals surface area contributed by atoms with Crippen LogP contribution in [0.3, 0.4) is 0 Å². The summed E-state index contributed by atoms with van der Waals surface area (Å²) < 4.78 is 0. The maximum absolute atomic E-state index is 6.27. The maximum Gasteiger partial charge on any atom is 0.137 e. The lowest BCUT2D eigenvalue weighted by Gasteiger charge is -2.27. The molecule has 1 aromatic heterocycles. The summed E-state index contributed by atoms with van der Waals surface area (Å²) in [5.74, 6) is 1.85. The van der Waals surface area contributed by atoms with E-state index in [-0.39, 0.29) is 0 Å². The lowest BCUT2D eigenvalue weighted by molar-refractivity contribution is 0.412. The van der Waals surface area contributed by atoms with Gasteiger partial charge in [0.2, 0.25) is 0 Å². The largest absolute Gasteiger partial charge is 0.355 e. The molecule has 1 heterocycles. The third-order valence-electron chi connectivity index (χ3n) is 3.19. The Morgan fingerprint density at radius 3 is 2.25 bits per heavy atom. The lowest BCUT2D eigenvalue weighted by Crippen LogP contribution is -2.33. The SMILES string of the molecule is CCCc1nc(Cl)c(C)c(N(CCC)CCN(C)C)n1. The third-order valence-corrected chi connectivity index (χ3v) is 3.56. The van der Waals surface area contributed by atoms with E-state index in [2.05, 4.69) is 42.7 Å². The number of aryl methyl sites for hydroxylation is 1. The van der Waals surface area contributed by atoms with Gasteiger partial charge in [-0.15, -0.1) is 0 Å². The van der Waals surface area contributed by atoms with E-state index in [0.29, 0.717) is 5.15 Å². The molecule has 1 rings (SSSR count). The fraction of sp³-hybridized carbons (Fsp3) is 0.733. The van der Waals surface area contributed by atoms with E-state index in [1.54, 1.807) is 0 Å². The minimum atomic E-state index is 0.587. The molecule has 0 radical (unpaired) electrons. The van der Waals surface area contributed by atoms with Crippen molar-refractivity contribution in [3.8, 4) is 0 Å². The highest BCUT2D eigenvalue weighted by Crippen LogP contribution is 2.24. The van der Waals surface area contributed by atoms with Crippen molar-refractivity contribution in [2.45, 2.75) is 40.0 Å². The molecule has 0 atom stereocenters. The first-order valence-electron chi connectivity index (χ1n) is 7.42. The fourth-order valence-corrected chi connectivity index (χ4v) is 2.26. The van der Waals surface area contributed by atoms with Crippen LogP contribution in [0.1, 0.15) is 38.1 Å². The average Bonchev–Trinajstić information content (AvgIpc) is 2.39. The molecule has 0 amide bonds. The average molecular weight is 299 g/mol. The zero-order valence-electron chi connectivity index (χ0n) is 13.4. The zero-order valence-corrected chi connectivity index (χ0v) is 14.2. The van der Waals surface area contributed by atoms with E-state index in [4.69, 9.17) is 16.6 Å². The van der Waals surface area contributed by atoms with E-state index in [9.17, 15) is 0 Å². The number of rotatable bonds is 8. The van der Waals surface area contributed by atoms with Crippen molar-refractivity contribution in [2.75, 3.05) is 38.6 Å². The van der Waals surface area contributed by atoms with Crippen LogP contribution in [0.15, 0.2) is 0 Å². The molecule has 0 aliphatic rings. The molecule has 20 heavy (non-hydrogen) atoms. The predicted molar refractivity (Wildman–Crippen MR) is 86.8 cm³/mol. The molecule has 0 aliphatic carbocycles. The van der Waals surface area contributed by atoms with Gasteiger partial charge in [0.25, 0.3) is 0 Å². The first kappa shape index (κ1) is 17.2. The number of hydrogen-bond donors (Lipinski definition) is 0. The molecule has 0 spiro atoms. The van der Waals surface area contributed by atoms with Gasteiger partial charge in [0.15, 0.2) is 0 Å². The van der Waals surface area contributed by atoms with Crippen LogP contribution in [0.5, 0.6) is 0 Å². The highest BCUT2D eigenvalue weighted by Gasteiger charge is 2.15. The summed E-state index contributed by atoms with van der Waals surface area (Å²) >= 11 is 6.27. The van der Waals surface area contributed by atoms with Crippen molar-refractivity contribution in [2.24, 2.45) is 0 Å². The highest BCUT2D eigenvalue weighted by molar-refractivity contribution is 6.30. The number of halogens is 1. The van der Waals surface area contributed by atoms with Gasteiger partial charge in [-0.05, 0) is 33.9 Å². The molecular weight excluding hydrogens is 272 g/mol. The van der Waals surface area contributed by atoms with E-state index >= 15 is 0 Å². The van der Waals surface area contributed by atoms with E-state index < -0.39 is 0 Å². The summed E-state index contributed by atoms with van der Waals surface area (Å²) in [4.78, 5) is 13.6. The quantitative estimate of drug-likeness (QED) is 0.690. The van der Waals surface area contributed by atoms with Crippen LogP contribution >= 0.6 is 11.6 Å². The van der Waals surface area contributed by atoms with Gasteiger partial charge in [-0.25, -0.2) is 9.97 Å². The second-order valence-electron chi connectivity index (χ2n) is 5.42. The lowest BCUT2D eigenvalue weighted by atomic mass is 10.2. The first-order chi connectivity index (χ1) is 9.49. The molecule has 0 unspecified atom stereocenters. The Hall–Kier alpha value is -0.870. The Kier molecular flexibility index (Phi) is 7.24. The van der Waals surface area contributed by atoms with Gasteiger partial charge in [0.1, 0.15) is 16.8 Å². The smallest absolute Gasteiger partial charge is 0.137 e. The van der Waals surface area contributed by atoms with Crippen LogP contribution in [-0.2, 0) is 6.42 Å². The van der Waals surface area contributed by atoms with Crippen LogP contribution < -0.4 is 4.90 Å².